The lowest BCUT2D eigenvalue weighted by molar-refractivity contribution is 0.326. The van der Waals surface area contributed by atoms with E-state index < -0.39 is 0 Å². The molecule has 2 aromatic heterocycles. The third-order valence-electron chi connectivity index (χ3n) is 4.52. The largest absolute Gasteiger partial charge is 0.339 e. The van der Waals surface area contributed by atoms with Crippen molar-refractivity contribution in [1.82, 2.24) is 25.0 Å². The highest BCUT2D eigenvalue weighted by molar-refractivity contribution is 6.31. The van der Waals surface area contributed by atoms with E-state index >= 15 is 0 Å². The van der Waals surface area contributed by atoms with E-state index in [1.165, 1.54) is 0 Å². The van der Waals surface area contributed by atoms with Crippen LogP contribution in [0.3, 0.4) is 0 Å². The third-order valence-corrected chi connectivity index (χ3v) is 4.89. The molecule has 1 aromatic carbocycles. The Morgan fingerprint density at radius 3 is 3.00 bits per heavy atom. The Labute approximate surface area is 150 Å². The number of halogens is 1. The number of benzene rings is 1. The monoisotopic (exact) mass is 355 g/mol. The Balaban J connectivity index is 1.54. The fraction of sp³-hybridized carbons (Fsp3) is 0.333. The van der Waals surface area contributed by atoms with Crippen LogP contribution in [0.15, 0.2) is 41.3 Å². The zero-order chi connectivity index (χ0) is 17.2. The van der Waals surface area contributed by atoms with E-state index in [2.05, 4.69) is 31.1 Å². The Hall–Kier alpha value is -2.31. The zero-order valence-electron chi connectivity index (χ0n) is 13.9. The van der Waals surface area contributed by atoms with Crippen LogP contribution in [0.25, 0.3) is 11.4 Å². The summed E-state index contributed by atoms with van der Waals surface area (Å²) in [4.78, 5) is 15.4. The highest BCUT2D eigenvalue weighted by atomic mass is 35.5. The molecule has 6 nitrogen and oxygen atoms in total. The molecule has 0 unspecified atom stereocenters. The van der Waals surface area contributed by atoms with Gasteiger partial charge in [-0.1, -0.05) is 35.0 Å². The number of hydrogen-bond donors (Lipinski definition) is 0. The molecular weight excluding hydrogens is 338 g/mol. The summed E-state index contributed by atoms with van der Waals surface area (Å²) in [5.41, 5.74) is 2.99. The Kier molecular flexibility index (Phi) is 4.46. The van der Waals surface area contributed by atoms with Crippen molar-refractivity contribution in [2.75, 3.05) is 13.1 Å². The Morgan fingerprint density at radius 1 is 1.32 bits per heavy atom. The molecule has 0 N–H and O–H groups in total. The van der Waals surface area contributed by atoms with Gasteiger partial charge in [-0.3, -0.25) is 4.90 Å². The fourth-order valence-corrected chi connectivity index (χ4v) is 3.51. The van der Waals surface area contributed by atoms with Crippen LogP contribution in [-0.2, 0) is 6.54 Å². The van der Waals surface area contributed by atoms with E-state index in [0.717, 1.165) is 47.9 Å². The van der Waals surface area contributed by atoms with Gasteiger partial charge in [0.25, 0.3) is 0 Å². The number of rotatable bonds is 4. The van der Waals surface area contributed by atoms with Crippen molar-refractivity contribution < 1.29 is 4.52 Å². The van der Waals surface area contributed by atoms with E-state index in [-0.39, 0.29) is 0 Å². The average Bonchev–Trinajstić information content (AvgIpc) is 3.26. The smallest absolute Gasteiger partial charge is 0.223 e. The predicted octanol–water partition coefficient (Wildman–Crippen LogP) is 3.48. The van der Waals surface area contributed by atoms with Crippen molar-refractivity contribution in [1.29, 1.82) is 0 Å². The van der Waals surface area contributed by atoms with Gasteiger partial charge in [0, 0.05) is 37.2 Å². The number of nitrogens with zero attached hydrogens (tertiary/aromatic N) is 5. The van der Waals surface area contributed by atoms with Gasteiger partial charge in [0.1, 0.15) is 6.33 Å². The molecule has 0 saturated carbocycles. The van der Waals surface area contributed by atoms with Crippen molar-refractivity contribution >= 4 is 11.6 Å². The molecule has 25 heavy (non-hydrogen) atoms. The molecule has 1 fully saturated rings. The molecule has 0 bridgehead atoms. The fourth-order valence-electron chi connectivity index (χ4n) is 3.31. The van der Waals surface area contributed by atoms with Crippen molar-refractivity contribution in [3.63, 3.8) is 0 Å². The van der Waals surface area contributed by atoms with Gasteiger partial charge >= 0.3 is 0 Å². The summed E-state index contributed by atoms with van der Waals surface area (Å²) in [6.07, 6.45) is 4.39. The van der Waals surface area contributed by atoms with Gasteiger partial charge in [-0.25, -0.2) is 9.97 Å². The molecule has 0 aliphatic carbocycles. The topological polar surface area (TPSA) is 67.9 Å². The first-order chi connectivity index (χ1) is 12.2. The molecule has 128 valence electrons. The number of likely N-dealkylation sites (tertiary alicyclic amines) is 1. The summed E-state index contributed by atoms with van der Waals surface area (Å²) in [6, 6.07) is 7.99. The summed E-state index contributed by atoms with van der Waals surface area (Å²) < 4.78 is 5.11. The minimum absolute atomic E-state index is 0.319. The third kappa shape index (κ3) is 3.41. The maximum atomic E-state index is 6.29. The first-order valence-electron chi connectivity index (χ1n) is 8.27. The Bertz CT molecular complexity index is 881. The molecule has 0 spiro atoms. The van der Waals surface area contributed by atoms with Crippen LogP contribution < -0.4 is 0 Å². The van der Waals surface area contributed by atoms with E-state index in [0.29, 0.717) is 17.6 Å². The van der Waals surface area contributed by atoms with Crippen LogP contribution in [0.5, 0.6) is 0 Å². The van der Waals surface area contributed by atoms with Crippen molar-refractivity contribution in [2.45, 2.75) is 25.8 Å². The normalized spacial score (nSPS) is 17.9. The first kappa shape index (κ1) is 16.2. The van der Waals surface area contributed by atoms with Crippen LogP contribution in [0.4, 0.5) is 0 Å². The van der Waals surface area contributed by atoms with Gasteiger partial charge in [0.15, 0.2) is 0 Å². The van der Waals surface area contributed by atoms with E-state index in [1.807, 2.05) is 18.2 Å². The molecule has 0 radical (unpaired) electrons. The standard InChI is InChI=1S/C18H18ClN5O/c1-12-22-18(23-25-12)15-8-20-11-21-17(15)14-6-7-24(10-14)9-13-4-2-3-5-16(13)19/h2-5,8,11,14H,6-7,9-10H2,1H3/t14-/m0/s1. The summed E-state index contributed by atoms with van der Waals surface area (Å²) >= 11 is 6.29. The first-order valence-corrected chi connectivity index (χ1v) is 8.65. The SMILES string of the molecule is Cc1nc(-c2cncnc2[C@H]2CCN(Cc3ccccc3Cl)C2)no1. The van der Waals surface area contributed by atoms with Gasteiger partial charge in [-0.2, -0.15) is 4.98 Å². The minimum Gasteiger partial charge on any atom is -0.339 e. The maximum Gasteiger partial charge on any atom is 0.223 e. The molecule has 0 amide bonds. The highest BCUT2D eigenvalue weighted by Crippen LogP contribution is 2.32. The van der Waals surface area contributed by atoms with E-state index in [4.69, 9.17) is 16.1 Å². The molecule has 1 aliphatic rings. The van der Waals surface area contributed by atoms with Crippen LogP contribution in [0.2, 0.25) is 5.02 Å². The van der Waals surface area contributed by atoms with E-state index in [1.54, 1.807) is 19.4 Å². The zero-order valence-corrected chi connectivity index (χ0v) is 14.6. The lowest BCUT2D eigenvalue weighted by atomic mass is 10.00. The second-order valence-corrected chi connectivity index (χ2v) is 6.68. The van der Waals surface area contributed by atoms with Crippen LogP contribution in [-0.4, -0.2) is 38.1 Å². The molecular formula is C18H18ClN5O. The van der Waals surface area contributed by atoms with E-state index in [9.17, 15) is 0 Å². The second-order valence-electron chi connectivity index (χ2n) is 6.27. The van der Waals surface area contributed by atoms with Gasteiger partial charge in [0.05, 0.1) is 11.3 Å². The average molecular weight is 356 g/mol. The second kappa shape index (κ2) is 6.90. The van der Waals surface area contributed by atoms with Gasteiger partial charge in [0.2, 0.25) is 11.7 Å². The highest BCUT2D eigenvalue weighted by Gasteiger charge is 2.28. The van der Waals surface area contributed by atoms with Gasteiger partial charge < -0.3 is 4.52 Å². The quantitative estimate of drug-likeness (QED) is 0.713. The van der Waals surface area contributed by atoms with Crippen LogP contribution >= 0.6 is 11.6 Å². The van der Waals surface area contributed by atoms with Gasteiger partial charge in [-0.05, 0) is 24.6 Å². The van der Waals surface area contributed by atoms with Gasteiger partial charge in [-0.15, -0.1) is 0 Å². The molecule has 3 heterocycles. The molecule has 1 aliphatic heterocycles. The molecule has 4 rings (SSSR count). The Morgan fingerprint density at radius 2 is 2.20 bits per heavy atom. The lowest BCUT2D eigenvalue weighted by Gasteiger charge is -2.17. The summed E-state index contributed by atoms with van der Waals surface area (Å²) in [5, 5.41) is 4.83. The molecule has 1 atom stereocenters. The summed E-state index contributed by atoms with van der Waals surface area (Å²) in [6.45, 7) is 4.55. The van der Waals surface area contributed by atoms with Crippen LogP contribution in [0.1, 0.15) is 29.5 Å². The van der Waals surface area contributed by atoms with Crippen LogP contribution in [0, 0.1) is 6.92 Å². The van der Waals surface area contributed by atoms with Crippen molar-refractivity contribution in [3.8, 4) is 11.4 Å². The predicted molar refractivity (Wildman–Crippen MR) is 94.1 cm³/mol. The summed E-state index contributed by atoms with van der Waals surface area (Å²) in [5.74, 6) is 1.41. The summed E-state index contributed by atoms with van der Waals surface area (Å²) in [7, 11) is 0. The molecule has 3 aromatic rings. The number of aromatic nitrogens is 4. The lowest BCUT2D eigenvalue weighted by Crippen LogP contribution is -2.20. The number of hydrogen-bond acceptors (Lipinski definition) is 6. The molecule has 1 saturated heterocycles. The number of aryl methyl sites for hydroxylation is 1. The molecule has 7 heteroatoms. The van der Waals surface area contributed by atoms with Crippen molar-refractivity contribution in [2.24, 2.45) is 0 Å². The maximum absolute atomic E-state index is 6.29. The van der Waals surface area contributed by atoms with Crippen molar-refractivity contribution in [3.05, 3.63) is 59.0 Å². The minimum atomic E-state index is 0.319.